The average Bonchev–Trinajstić information content (AvgIpc) is 2.96. The summed E-state index contributed by atoms with van der Waals surface area (Å²) in [4.78, 5) is 0. The Bertz CT molecular complexity index is 1630. The Balaban J connectivity index is 1.40. The van der Waals surface area contributed by atoms with E-state index < -0.39 is 0 Å². The molecular formula is C40H28. The molecule has 0 spiro atoms. The highest BCUT2D eigenvalue weighted by Gasteiger charge is 2.11. The second kappa shape index (κ2) is 10.7. The van der Waals surface area contributed by atoms with Gasteiger partial charge < -0.3 is 0 Å². The van der Waals surface area contributed by atoms with Gasteiger partial charge >= 0.3 is 0 Å². The molecule has 0 nitrogen and oxygen atoms in total. The van der Waals surface area contributed by atoms with Gasteiger partial charge in [0.1, 0.15) is 0 Å². The maximum Gasteiger partial charge on any atom is 0.0290 e. The van der Waals surface area contributed by atoms with Gasteiger partial charge in [-0.05, 0) is 144 Å². The Hall–Kier alpha value is -4.88. The van der Waals surface area contributed by atoms with Gasteiger partial charge in [-0.3, -0.25) is 0 Å². The lowest BCUT2D eigenvalue weighted by molar-refractivity contribution is 0.915. The number of hydrogen-bond donors (Lipinski definition) is 0. The molecule has 4 aromatic carbocycles. The zero-order valence-corrected chi connectivity index (χ0v) is 22.6. The molecule has 4 aromatic rings. The van der Waals surface area contributed by atoms with Crippen molar-refractivity contribution in [2.45, 2.75) is 51.4 Å². The average molecular weight is 509 g/mol. The van der Waals surface area contributed by atoms with Crippen LogP contribution in [0.15, 0.2) is 72.8 Å². The van der Waals surface area contributed by atoms with Gasteiger partial charge in [0.15, 0.2) is 0 Å². The molecule has 0 heteroatoms. The Labute approximate surface area is 237 Å². The van der Waals surface area contributed by atoms with Gasteiger partial charge in [-0.25, -0.2) is 0 Å². The van der Waals surface area contributed by atoms with Crippen LogP contribution >= 0.6 is 0 Å². The van der Waals surface area contributed by atoms with Crippen LogP contribution in [0.3, 0.4) is 0 Å². The van der Waals surface area contributed by atoms with Crippen LogP contribution in [0.4, 0.5) is 0 Å². The molecule has 0 aliphatic heterocycles. The lowest BCUT2D eigenvalue weighted by Crippen LogP contribution is -2.03. The first-order valence-electron chi connectivity index (χ1n) is 14.3. The summed E-state index contributed by atoms with van der Waals surface area (Å²) in [5.74, 6) is 26.5. The Morgan fingerprint density at radius 1 is 0.300 bits per heavy atom. The van der Waals surface area contributed by atoms with Crippen LogP contribution in [-0.4, -0.2) is 0 Å². The van der Waals surface area contributed by atoms with E-state index in [1.807, 2.05) is 0 Å². The van der Waals surface area contributed by atoms with Crippen molar-refractivity contribution in [1.82, 2.24) is 0 Å². The summed E-state index contributed by atoms with van der Waals surface area (Å²) in [6.07, 6.45) is 7.56. The van der Waals surface area contributed by atoms with Crippen LogP contribution in [0.25, 0.3) is 0 Å². The molecule has 188 valence electrons. The van der Waals surface area contributed by atoms with Crippen molar-refractivity contribution in [3.8, 4) is 47.4 Å². The summed E-state index contributed by atoms with van der Waals surface area (Å²) >= 11 is 0. The summed E-state index contributed by atoms with van der Waals surface area (Å²) in [6, 6.07) is 27.2. The second-order valence-electron chi connectivity index (χ2n) is 11.0. The first-order chi connectivity index (χ1) is 19.8. The van der Waals surface area contributed by atoms with Crippen molar-refractivity contribution in [1.29, 1.82) is 0 Å². The lowest BCUT2D eigenvalue weighted by atomic mass is 9.91. The van der Waals surface area contributed by atoms with E-state index in [0.29, 0.717) is 0 Å². The molecule has 0 amide bonds. The topological polar surface area (TPSA) is 0 Å². The van der Waals surface area contributed by atoms with Crippen LogP contribution in [-0.2, 0) is 51.4 Å². The summed E-state index contributed by atoms with van der Waals surface area (Å²) in [7, 11) is 0. The van der Waals surface area contributed by atoms with E-state index in [2.05, 4.69) is 120 Å². The van der Waals surface area contributed by atoms with Crippen LogP contribution in [0.5, 0.6) is 0 Å². The fourth-order valence-corrected chi connectivity index (χ4v) is 5.96. The molecule has 0 atom stereocenters. The molecule has 0 saturated heterocycles. The monoisotopic (exact) mass is 508 g/mol. The molecule has 12 bridgehead atoms. The van der Waals surface area contributed by atoms with Gasteiger partial charge in [-0.1, -0.05) is 72.2 Å². The largest absolute Gasteiger partial charge is 0.0587 e. The van der Waals surface area contributed by atoms with E-state index in [0.717, 1.165) is 73.6 Å². The molecule has 0 N–H and O–H groups in total. The Morgan fingerprint density at radius 3 is 0.800 bits per heavy atom. The minimum atomic E-state index is 0.916. The molecular weight excluding hydrogens is 480 g/mol. The van der Waals surface area contributed by atoms with E-state index in [1.54, 1.807) is 0 Å². The van der Waals surface area contributed by atoms with Crippen LogP contribution in [0.2, 0.25) is 0 Å². The second-order valence-corrected chi connectivity index (χ2v) is 11.0. The third-order valence-corrected chi connectivity index (χ3v) is 8.34. The molecule has 0 fully saturated rings. The molecule has 0 saturated carbocycles. The number of benzene rings is 4. The summed E-state index contributed by atoms with van der Waals surface area (Å²) < 4.78 is 0. The lowest BCUT2D eigenvalue weighted by Gasteiger charge is -2.13. The molecule has 9 aliphatic carbocycles. The van der Waals surface area contributed by atoms with Crippen molar-refractivity contribution >= 4 is 0 Å². The predicted octanol–water partition coefficient (Wildman–Crippen LogP) is 6.57. The van der Waals surface area contributed by atoms with Crippen molar-refractivity contribution in [2.24, 2.45) is 0 Å². The fraction of sp³-hybridized carbons (Fsp3) is 0.200. The van der Waals surface area contributed by atoms with Crippen LogP contribution < -0.4 is 0 Å². The highest BCUT2D eigenvalue weighted by Crippen LogP contribution is 2.23. The van der Waals surface area contributed by atoms with Gasteiger partial charge in [-0.2, -0.15) is 0 Å². The number of aryl methyl sites for hydroxylation is 8. The minimum absolute atomic E-state index is 0.916. The normalized spacial score (nSPS) is 14.2. The summed E-state index contributed by atoms with van der Waals surface area (Å²) in [5.41, 5.74) is 14.7. The molecule has 0 radical (unpaired) electrons. The smallest absolute Gasteiger partial charge is 0.0290 e. The summed E-state index contributed by atoms with van der Waals surface area (Å²) in [6.45, 7) is 0. The number of rotatable bonds is 0. The fourth-order valence-electron chi connectivity index (χ4n) is 5.96. The third kappa shape index (κ3) is 5.19. The maximum absolute atomic E-state index is 3.42. The minimum Gasteiger partial charge on any atom is -0.0587 e. The van der Waals surface area contributed by atoms with Gasteiger partial charge in [-0.15, -0.1) is 0 Å². The first kappa shape index (κ1) is 24.2. The van der Waals surface area contributed by atoms with Crippen LogP contribution in [0, 0.1) is 47.4 Å². The highest BCUT2D eigenvalue weighted by atomic mass is 14.2. The molecule has 9 aliphatic rings. The van der Waals surface area contributed by atoms with E-state index in [9.17, 15) is 0 Å². The van der Waals surface area contributed by atoms with Gasteiger partial charge in [0.2, 0.25) is 0 Å². The third-order valence-electron chi connectivity index (χ3n) is 8.34. The predicted molar refractivity (Wildman–Crippen MR) is 163 cm³/mol. The van der Waals surface area contributed by atoms with Crippen molar-refractivity contribution in [3.05, 3.63) is 140 Å². The molecule has 40 heavy (non-hydrogen) atoms. The van der Waals surface area contributed by atoms with Crippen LogP contribution in [0.1, 0.15) is 66.8 Å². The Morgan fingerprint density at radius 2 is 0.550 bits per heavy atom. The maximum atomic E-state index is 3.42. The Kier molecular flexibility index (Phi) is 6.47. The van der Waals surface area contributed by atoms with E-state index >= 15 is 0 Å². The molecule has 0 aromatic heterocycles. The zero-order chi connectivity index (χ0) is 26.7. The van der Waals surface area contributed by atoms with E-state index in [-0.39, 0.29) is 0 Å². The first-order valence-corrected chi connectivity index (χ1v) is 14.3. The zero-order valence-electron chi connectivity index (χ0n) is 22.6. The number of hydrogen-bond acceptors (Lipinski definition) is 0. The van der Waals surface area contributed by atoms with E-state index in [4.69, 9.17) is 0 Å². The molecule has 0 unspecified atom stereocenters. The van der Waals surface area contributed by atoms with Crippen molar-refractivity contribution < 1.29 is 0 Å². The quantitative estimate of drug-likeness (QED) is 0.236. The van der Waals surface area contributed by atoms with E-state index in [1.165, 1.54) is 44.5 Å². The standard InChI is InChI=1S/C40H28/c1-2-6-38-26-30-11-12-32-16-20-36(24-23-34(38)18-14-30)40(28-32)8-4-3-7-39-27-31-10-9-29-13-17-33(37(5-1)25-29)21-22-35(39)19-15-31/h13-20,25-28H,9-12,21-24H2. The summed E-state index contributed by atoms with van der Waals surface area (Å²) in [5, 5.41) is 0. The van der Waals surface area contributed by atoms with Crippen molar-refractivity contribution in [3.63, 3.8) is 0 Å². The highest BCUT2D eigenvalue weighted by molar-refractivity contribution is 5.54. The molecule has 0 heterocycles. The van der Waals surface area contributed by atoms with Gasteiger partial charge in [0.05, 0.1) is 0 Å². The van der Waals surface area contributed by atoms with Gasteiger partial charge in [0.25, 0.3) is 0 Å². The SMILES string of the molecule is C1#Cc2cc3ccc2CCc2ccc(cc2C#CC#Cc2cc4ccc2CCc2ccc(cc2C#C1)CC4)CC3. The van der Waals surface area contributed by atoms with Gasteiger partial charge in [0, 0.05) is 22.3 Å². The molecule has 13 rings (SSSR count). The van der Waals surface area contributed by atoms with Crippen molar-refractivity contribution in [2.75, 3.05) is 0 Å².